The summed E-state index contributed by atoms with van der Waals surface area (Å²) in [6.07, 6.45) is -3.85. The minimum absolute atomic E-state index is 0.354. The van der Waals surface area contributed by atoms with Crippen LogP contribution in [0.4, 0.5) is 13.2 Å². The highest BCUT2D eigenvalue weighted by Crippen LogP contribution is 2.34. The van der Waals surface area contributed by atoms with E-state index in [0.717, 1.165) is 5.92 Å². The van der Waals surface area contributed by atoms with Gasteiger partial charge in [-0.15, -0.1) is 0 Å². The molecule has 0 amide bonds. The molecule has 1 rings (SSSR count). The highest BCUT2D eigenvalue weighted by Gasteiger charge is 2.33. The van der Waals surface area contributed by atoms with Crippen LogP contribution in [0.15, 0.2) is 18.2 Å². The molecule has 1 aromatic rings. The van der Waals surface area contributed by atoms with Crippen LogP contribution in [0.1, 0.15) is 37.5 Å². The number of rotatable bonds is 2. The summed E-state index contributed by atoms with van der Waals surface area (Å²) in [5.41, 5.74) is 0.496. The van der Waals surface area contributed by atoms with Crippen molar-refractivity contribution in [3.05, 3.63) is 40.8 Å². The van der Waals surface area contributed by atoms with Gasteiger partial charge in [-0.25, -0.2) is 0 Å². The zero-order chi connectivity index (χ0) is 11.6. The van der Waals surface area contributed by atoms with Crippen LogP contribution in [-0.4, -0.2) is 0 Å². The van der Waals surface area contributed by atoms with Gasteiger partial charge in [0.25, 0.3) is 0 Å². The van der Waals surface area contributed by atoms with Gasteiger partial charge in [-0.3, -0.25) is 0 Å². The normalized spacial score (nSPS) is 12.2. The molecule has 0 nitrogen and oxygen atoms in total. The van der Waals surface area contributed by atoms with Crippen LogP contribution < -0.4 is 0 Å². The number of halogens is 3. The molecule has 0 N–H and O–H groups in total. The van der Waals surface area contributed by atoms with Crippen LogP contribution in [0, 0.1) is 5.92 Å². The summed E-state index contributed by atoms with van der Waals surface area (Å²) < 4.78 is 38.0. The molecule has 0 aliphatic heterocycles. The smallest absolute Gasteiger partial charge is 0.166 e. The SMILES string of the molecule is CCc1ccc([C](C)C)cc1C(F)(F)F. The first-order valence-corrected chi connectivity index (χ1v) is 4.87. The average molecular weight is 215 g/mol. The monoisotopic (exact) mass is 215 g/mol. The summed E-state index contributed by atoms with van der Waals surface area (Å²) >= 11 is 0. The molecule has 0 aliphatic carbocycles. The summed E-state index contributed by atoms with van der Waals surface area (Å²) in [6, 6.07) is 4.53. The number of benzene rings is 1. The average Bonchev–Trinajstić information content (AvgIpc) is 2.15. The zero-order valence-electron chi connectivity index (χ0n) is 9.07. The van der Waals surface area contributed by atoms with E-state index < -0.39 is 11.7 Å². The first-order chi connectivity index (χ1) is 6.86. The van der Waals surface area contributed by atoms with Gasteiger partial charge in [0.05, 0.1) is 5.56 Å². The van der Waals surface area contributed by atoms with Gasteiger partial charge in [0.2, 0.25) is 0 Å². The Labute approximate surface area is 88.1 Å². The van der Waals surface area contributed by atoms with Gasteiger partial charge in [0.15, 0.2) is 0 Å². The van der Waals surface area contributed by atoms with Gasteiger partial charge < -0.3 is 0 Å². The standard InChI is InChI=1S/C12H14F3/c1-4-9-5-6-10(8(2)3)7-11(9)12(13,14)15/h5-7H,4H2,1-3H3. The van der Waals surface area contributed by atoms with E-state index in [4.69, 9.17) is 0 Å². The van der Waals surface area contributed by atoms with Crippen molar-refractivity contribution in [2.24, 2.45) is 0 Å². The summed E-state index contributed by atoms with van der Waals surface area (Å²) in [5.74, 6) is 0.892. The van der Waals surface area contributed by atoms with Gasteiger partial charge in [-0.2, -0.15) is 13.2 Å². The molecule has 15 heavy (non-hydrogen) atoms. The number of alkyl halides is 3. The van der Waals surface area contributed by atoms with Crippen molar-refractivity contribution in [3.63, 3.8) is 0 Å². The Balaban J connectivity index is 3.26. The largest absolute Gasteiger partial charge is 0.416 e. The second-order valence-corrected chi connectivity index (χ2v) is 3.72. The van der Waals surface area contributed by atoms with Crippen molar-refractivity contribution < 1.29 is 13.2 Å². The summed E-state index contributed by atoms with van der Waals surface area (Å²) in [5, 5.41) is 0. The van der Waals surface area contributed by atoms with E-state index in [1.54, 1.807) is 32.9 Å². The maximum Gasteiger partial charge on any atom is 0.416 e. The van der Waals surface area contributed by atoms with Crippen molar-refractivity contribution in [2.75, 3.05) is 0 Å². The van der Waals surface area contributed by atoms with E-state index in [2.05, 4.69) is 0 Å². The quantitative estimate of drug-likeness (QED) is 0.692. The van der Waals surface area contributed by atoms with Crippen molar-refractivity contribution in [3.8, 4) is 0 Å². The molecule has 0 spiro atoms. The molecular formula is C12H14F3. The van der Waals surface area contributed by atoms with Gasteiger partial charge in [-0.05, 0) is 29.5 Å². The zero-order valence-corrected chi connectivity index (χ0v) is 9.07. The lowest BCUT2D eigenvalue weighted by molar-refractivity contribution is -0.138. The van der Waals surface area contributed by atoms with Gasteiger partial charge in [0.1, 0.15) is 0 Å². The van der Waals surface area contributed by atoms with Crippen molar-refractivity contribution in [1.29, 1.82) is 0 Å². The van der Waals surface area contributed by atoms with Crippen molar-refractivity contribution >= 4 is 0 Å². The molecule has 0 heterocycles. The highest BCUT2D eigenvalue weighted by atomic mass is 19.4. The van der Waals surface area contributed by atoms with E-state index in [-0.39, 0.29) is 0 Å². The predicted molar refractivity (Wildman–Crippen MR) is 54.5 cm³/mol. The molecule has 0 saturated carbocycles. The summed E-state index contributed by atoms with van der Waals surface area (Å²) in [7, 11) is 0. The van der Waals surface area contributed by atoms with E-state index in [0.29, 0.717) is 17.5 Å². The second kappa shape index (κ2) is 4.25. The lowest BCUT2D eigenvalue weighted by atomic mass is 9.96. The fourth-order valence-corrected chi connectivity index (χ4v) is 1.46. The van der Waals surface area contributed by atoms with E-state index in [1.807, 2.05) is 0 Å². The molecule has 0 atom stereocenters. The van der Waals surface area contributed by atoms with Crippen molar-refractivity contribution in [1.82, 2.24) is 0 Å². The minimum Gasteiger partial charge on any atom is -0.166 e. The van der Waals surface area contributed by atoms with Crippen LogP contribution in [0.2, 0.25) is 0 Å². The Kier molecular flexibility index (Phi) is 3.42. The predicted octanol–water partition coefficient (Wildman–Crippen LogP) is 4.23. The fourth-order valence-electron chi connectivity index (χ4n) is 1.46. The Bertz CT molecular complexity index is 337. The first-order valence-electron chi connectivity index (χ1n) is 4.87. The molecule has 0 unspecified atom stereocenters. The minimum atomic E-state index is -4.25. The molecular weight excluding hydrogens is 201 g/mol. The second-order valence-electron chi connectivity index (χ2n) is 3.72. The molecule has 0 aromatic heterocycles. The topological polar surface area (TPSA) is 0 Å². The lowest BCUT2D eigenvalue weighted by Gasteiger charge is -2.14. The summed E-state index contributed by atoms with van der Waals surface area (Å²) in [6.45, 7) is 5.34. The highest BCUT2D eigenvalue weighted by molar-refractivity contribution is 5.39. The van der Waals surface area contributed by atoms with E-state index >= 15 is 0 Å². The van der Waals surface area contributed by atoms with Crippen LogP contribution >= 0.6 is 0 Å². The molecule has 1 radical (unpaired) electrons. The Morgan fingerprint density at radius 2 is 1.80 bits per heavy atom. The molecule has 1 aromatic carbocycles. The van der Waals surface area contributed by atoms with Crippen molar-refractivity contribution in [2.45, 2.75) is 33.4 Å². The van der Waals surface area contributed by atoms with Crippen LogP contribution in [0.25, 0.3) is 0 Å². The Morgan fingerprint density at radius 1 is 1.20 bits per heavy atom. The van der Waals surface area contributed by atoms with Crippen LogP contribution in [0.5, 0.6) is 0 Å². The first kappa shape index (κ1) is 12.1. The maximum absolute atomic E-state index is 12.7. The number of hydrogen-bond acceptors (Lipinski definition) is 0. The third-order valence-electron chi connectivity index (χ3n) is 2.37. The lowest BCUT2D eigenvalue weighted by Crippen LogP contribution is -2.10. The van der Waals surface area contributed by atoms with E-state index in [1.165, 1.54) is 6.07 Å². The van der Waals surface area contributed by atoms with Crippen LogP contribution in [-0.2, 0) is 12.6 Å². The summed E-state index contributed by atoms with van der Waals surface area (Å²) in [4.78, 5) is 0. The Hall–Kier alpha value is -0.990. The number of aryl methyl sites for hydroxylation is 1. The fraction of sp³-hybridized carbons (Fsp3) is 0.417. The van der Waals surface area contributed by atoms with Gasteiger partial charge in [0, 0.05) is 0 Å². The molecule has 0 fully saturated rings. The molecule has 83 valence electrons. The molecule has 0 aliphatic rings. The molecule has 0 bridgehead atoms. The Morgan fingerprint density at radius 3 is 2.20 bits per heavy atom. The van der Waals surface area contributed by atoms with Crippen LogP contribution in [0.3, 0.4) is 0 Å². The molecule has 3 heteroatoms. The molecule has 0 saturated heterocycles. The van der Waals surface area contributed by atoms with Gasteiger partial charge in [-0.1, -0.05) is 32.9 Å². The van der Waals surface area contributed by atoms with Gasteiger partial charge >= 0.3 is 6.18 Å². The third-order valence-corrected chi connectivity index (χ3v) is 2.37. The maximum atomic E-state index is 12.7. The third kappa shape index (κ3) is 2.74. The number of hydrogen-bond donors (Lipinski definition) is 0. The van der Waals surface area contributed by atoms with E-state index in [9.17, 15) is 13.2 Å².